The highest BCUT2D eigenvalue weighted by atomic mass is 35.5. The summed E-state index contributed by atoms with van der Waals surface area (Å²) in [6.07, 6.45) is 1.04. The summed E-state index contributed by atoms with van der Waals surface area (Å²) >= 11 is 13.5. The van der Waals surface area contributed by atoms with Crippen LogP contribution in [0.4, 0.5) is 0 Å². The maximum Gasteiger partial charge on any atom is 0.328 e. The van der Waals surface area contributed by atoms with Crippen molar-refractivity contribution in [3.63, 3.8) is 0 Å². The third-order valence-corrected chi connectivity index (χ3v) is 5.96. The Morgan fingerprint density at radius 3 is 2.37 bits per heavy atom. The first-order chi connectivity index (χ1) is 14.4. The fraction of sp³-hybridized carbons (Fsp3) is 0.136. The monoisotopic (exact) mass is 461 g/mol. The van der Waals surface area contributed by atoms with Crippen LogP contribution in [0.1, 0.15) is 25.6 Å². The Hall–Kier alpha value is -2.67. The summed E-state index contributed by atoms with van der Waals surface area (Å²) in [5.41, 5.74) is 2.66. The van der Waals surface area contributed by atoms with E-state index in [0.717, 1.165) is 23.0 Å². The van der Waals surface area contributed by atoms with Crippen LogP contribution in [0.5, 0.6) is 0 Å². The van der Waals surface area contributed by atoms with Crippen molar-refractivity contribution < 1.29 is 19.1 Å². The number of thiophene rings is 1. The lowest BCUT2D eigenvalue weighted by Crippen LogP contribution is -2.43. The maximum atomic E-state index is 12.7. The molecule has 3 rings (SSSR count). The van der Waals surface area contributed by atoms with Crippen LogP contribution in [0.3, 0.4) is 0 Å². The molecule has 0 aliphatic heterocycles. The average Bonchev–Trinajstić information content (AvgIpc) is 3.22. The molecule has 0 saturated carbocycles. The molecule has 0 spiro atoms. The molecule has 0 saturated heterocycles. The highest BCUT2D eigenvalue weighted by Crippen LogP contribution is 2.28. The predicted octanol–water partition coefficient (Wildman–Crippen LogP) is 5.05. The number of rotatable bonds is 7. The number of nitrogens with one attached hydrogen (secondary N) is 1. The van der Waals surface area contributed by atoms with E-state index in [4.69, 9.17) is 27.9 Å². The number of halogens is 2. The van der Waals surface area contributed by atoms with E-state index in [0.29, 0.717) is 4.88 Å². The van der Waals surface area contributed by atoms with Gasteiger partial charge in [0.15, 0.2) is 6.29 Å². The van der Waals surface area contributed by atoms with E-state index >= 15 is 0 Å². The normalized spacial score (nSPS) is 11.6. The molecule has 0 radical (unpaired) electrons. The van der Waals surface area contributed by atoms with Gasteiger partial charge in [0.25, 0.3) is 5.91 Å². The number of hydrogen-bond donors (Lipinski definition) is 1. The number of aldehydes is 1. The summed E-state index contributed by atoms with van der Waals surface area (Å²) in [6, 6.07) is 13.1. The van der Waals surface area contributed by atoms with Crippen molar-refractivity contribution in [3.8, 4) is 11.1 Å². The van der Waals surface area contributed by atoms with Gasteiger partial charge in [0.2, 0.25) is 0 Å². The van der Waals surface area contributed by atoms with Crippen LogP contribution in [0, 0.1) is 0 Å². The molecule has 1 aromatic heterocycles. The van der Waals surface area contributed by atoms with Crippen LogP contribution >= 0.6 is 34.5 Å². The van der Waals surface area contributed by atoms with Crippen molar-refractivity contribution in [2.24, 2.45) is 0 Å². The zero-order chi connectivity index (χ0) is 21.7. The Morgan fingerprint density at radius 2 is 1.77 bits per heavy atom. The summed E-state index contributed by atoms with van der Waals surface area (Å²) in [7, 11) is 1.25. The number of carbonyl (C=O) groups is 3. The summed E-state index contributed by atoms with van der Waals surface area (Å²) < 4.78 is 4.84. The molecule has 0 aliphatic rings. The second-order valence-corrected chi connectivity index (χ2v) is 8.13. The molecule has 0 aliphatic carbocycles. The lowest BCUT2D eigenvalue weighted by atomic mass is 10.0. The van der Waals surface area contributed by atoms with E-state index in [2.05, 4.69) is 5.32 Å². The van der Waals surface area contributed by atoms with E-state index in [1.54, 1.807) is 18.2 Å². The highest BCUT2D eigenvalue weighted by Gasteiger charge is 2.25. The predicted molar refractivity (Wildman–Crippen MR) is 119 cm³/mol. The number of methoxy groups -OCH3 is 1. The zero-order valence-electron chi connectivity index (χ0n) is 15.9. The van der Waals surface area contributed by atoms with Crippen LogP contribution in [-0.2, 0) is 16.0 Å². The number of hydrogen-bond acceptors (Lipinski definition) is 5. The Bertz CT molecular complexity index is 1060. The van der Waals surface area contributed by atoms with Crippen molar-refractivity contribution in [1.29, 1.82) is 0 Å². The van der Waals surface area contributed by atoms with Crippen molar-refractivity contribution >= 4 is 52.7 Å². The third-order valence-electron chi connectivity index (χ3n) is 4.49. The van der Waals surface area contributed by atoms with Crippen molar-refractivity contribution in [3.05, 3.63) is 80.0 Å². The highest BCUT2D eigenvalue weighted by molar-refractivity contribution is 7.12. The molecule has 30 heavy (non-hydrogen) atoms. The first-order valence-corrected chi connectivity index (χ1v) is 10.5. The molecule has 1 amide bonds. The van der Waals surface area contributed by atoms with Crippen LogP contribution < -0.4 is 5.32 Å². The molecule has 1 heterocycles. The Morgan fingerprint density at radius 1 is 1.10 bits per heavy atom. The quantitative estimate of drug-likeness (QED) is 0.394. The van der Waals surface area contributed by atoms with Gasteiger partial charge in [-0.3, -0.25) is 9.59 Å². The van der Waals surface area contributed by atoms with Gasteiger partial charge in [0.05, 0.1) is 27.6 Å². The van der Waals surface area contributed by atoms with E-state index in [9.17, 15) is 14.4 Å². The number of esters is 1. The minimum Gasteiger partial charge on any atom is -0.467 e. The molecule has 3 aromatic rings. The van der Waals surface area contributed by atoms with Gasteiger partial charge in [-0.1, -0.05) is 53.5 Å². The molecule has 0 fully saturated rings. The molecular weight excluding hydrogens is 445 g/mol. The topological polar surface area (TPSA) is 72.5 Å². The Balaban J connectivity index is 1.79. The van der Waals surface area contributed by atoms with Gasteiger partial charge in [-0.2, -0.15) is 0 Å². The molecule has 154 valence electrons. The summed E-state index contributed by atoms with van der Waals surface area (Å²) in [4.78, 5) is 36.7. The van der Waals surface area contributed by atoms with Gasteiger partial charge in [-0.25, -0.2) is 4.79 Å². The summed E-state index contributed by atoms with van der Waals surface area (Å²) in [5, 5.41) is 4.88. The maximum absolute atomic E-state index is 12.7. The summed E-state index contributed by atoms with van der Waals surface area (Å²) in [6.45, 7) is 0. The first kappa shape index (κ1) is 22.0. The fourth-order valence-electron chi connectivity index (χ4n) is 2.99. The number of benzene rings is 2. The van der Waals surface area contributed by atoms with Gasteiger partial charge >= 0.3 is 5.97 Å². The lowest BCUT2D eigenvalue weighted by Gasteiger charge is -2.18. The Labute approximate surface area is 187 Å². The number of carbonyl (C=O) groups excluding carboxylic acids is 3. The molecule has 1 atom stereocenters. The SMILES string of the molecule is COC(=O)[C@H](Cc1ccc(-c2ccsc2C=O)cc1)NC(=O)c1c(Cl)cccc1Cl. The van der Waals surface area contributed by atoms with Gasteiger partial charge in [0, 0.05) is 12.0 Å². The summed E-state index contributed by atoms with van der Waals surface area (Å²) in [5.74, 6) is -1.15. The van der Waals surface area contributed by atoms with E-state index < -0.39 is 17.9 Å². The van der Waals surface area contributed by atoms with Crippen molar-refractivity contribution in [2.45, 2.75) is 12.5 Å². The molecule has 2 aromatic carbocycles. The molecule has 1 N–H and O–H groups in total. The molecular formula is C22H17Cl2NO4S. The molecule has 8 heteroatoms. The smallest absolute Gasteiger partial charge is 0.328 e. The van der Waals surface area contributed by atoms with Crippen LogP contribution in [0.2, 0.25) is 10.0 Å². The van der Waals surface area contributed by atoms with Crippen molar-refractivity contribution in [1.82, 2.24) is 5.32 Å². The minimum absolute atomic E-state index is 0.101. The zero-order valence-corrected chi connectivity index (χ0v) is 18.2. The third kappa shape index (κ3) is 4.90. The van der Waals surface area contributed by atoms with E-state index in [-0.39, 0.29) is 22.0 Å². The van der Waals surface area contributed by atoms with Gasteiger partial charge < -0.3 is 10.1 Å². The largest absolute Gasteiger partial charge is 0.467 e. The van der Waals surface area contributed by atoms with Gasteiger partial charge in [0.1, 0.15) is 6.04 Å². The average molecular weight is 462 g/mol. The minimum atomic E-state index is -0.924. The molecule has 0 bridgehead atoms. The van der Waals surface area contributed by atoms with Gasteiger partial charge in [-0.05, 0) is 34.7 Å². The van der Waals surface area contributed by atoms with Gasteiger partial charge in [-0.15, -0.1) is 11.3 Å². The molecule has 0 unspecified atom stereocenters. The molecule has 5 nitrogen and oxygen atoms in total. The van der Waals surface area contributed by atoms with Crippen LogP contribution in [-0.4, -0.2) is 31.3 Å². The lowest BCUT2D eigenvalue weighted by molar-refractivity contribution is -0.142. The second kappa shape index (κ2) is 9.89. The van der Waals surface area contributed by atoms with E-state index in [1.807, 2.05) is 35.7 Å². The standard InChI is InChI=1S/C22H17Cl2NO4S/c1-29-22(28)18(25-21(27)20-16(23)3-2-4-17(20)24)11-13-5-7-14(8-6-13)15-9-10-30-19(15)12-26/h2-10,12,18H,11H2,1H3,(H,25,27)/t18-/m0/s1. The fourth-order valence-corrected chi connectivity index (χ4v) is 4.28. The second-order valence-electron chi connectivity index (χ2n) is 6.36. The van der Waals surface area contributed by atoms with Crippen LogP contribution in [0.25, 0.3) is 11.1 Å². The van der Waals surface area contributed by atoms with Crippen molar-refractivity contribution in [2.75, 3.05) is 7.11 Å². The van der Waals surface area contributed by atoms with Crippen LogP contribution in [0.15, 0.2) is 53.9 Å². The first-order valence-electron chi connectivity index (χ1n) is 8.89. The van der Waals surface area contributed by atoms with E-state index in [1.165, 1.54) is 18.4 Å². The number of ether oxygens (including phenoxy) is 1. The number of amides is 1. The Kier molecular flexibility index (Phi) is 7.26.